The van der Waals surface area contributed by atoms with Gasteiger partial charge in [0.15, 0.2) is 0 Å². The van der Waals surface area contributed by atoms with Crippen LogP contribution in [0.4, 0.5) is 51.8 Å². The summed E-state index contributed by atoms with van der Waals surface area (Å²) in [7, 11) is -18.0. The standard InChI is InChI=1S/C6H5.3BF4.K/c1-2-4-6-5-3-1;3*2-1(3,4)5;/h1-5H;;;;/q;3*-1;. The molecule has 22 heavy (non-hydrogen) atoms. The average Bonchev–Trinajstić information content (AvgIpc) is 2.09. The van der Waals surface area contributed by atoms with E-state index in [4.69, 9.17) is 0 Å². The van der Waals surface area contributed by atoms with Gasteiger partial charge in [-0.1, -0.05) is 0 Å². The molecule has 0 saturated carbocycles. The van der Waals surface area contributed by atoms with Gasteiger partial charge in [0.2, 0.25) is 0 Å². The van der Waals surface area contributed by atoms with Gasteiger partial charge < -0.3 is 51.8 Å². The Kier molecular flexibility index (Phi) is 15.5. The summed E-state index contributed by atoms with van der Waals surface area (Å²) in [6, 6.07) is 10.6. The molecule has 0 spiro atoms. The third-order valence-electron chi connectivity index (χ3n) is 0.940. The molecule has 0 atom stereocenters. The SMILES string of the molecule is F[B-](F)(F)F.F[B-](F)(F)F.F[B-](F)(F)F.[K][c]1ccccc1. The fourth-order valence-corrected chi connectivity index (χ4v) is 1.14. The number of hydrogen-bond acceptors (Lipinski definition) is 0. The first-order chi connectivity index (χ1) is 9.39. The van der Waals surface area contributed by atoms with Crippen molar-refractivity contribution in [2.75, 3.05) is 0 Å². The van der Waals surface area contributed by atoms with Crippen LogP contribution in [0.2, 0.25) is 0 Å². The van der Waals surface area contributed by atoms with E-state index in [9.17, 15) is 51.8 Å². The molecular formula is C6H5B3F12K-3. The minimum absolute atomic E-state index is 0.855. The zero-order valence-electron chi connectivity index (χ0n) is 10.7. The Bertz CT molecular complexity index is 313. The summed E-state index contributed by atoms with van der Waals surface area (Å²) in [5.41, 5.74) is 0. The van der Waals surface area contributed by atoms with E-state index in [1.165, 1.54) is -0.342 Å². The molecule has 0 bridgehead atoms. The summed E-state index contributed by atoms with van der Waals surface area (Å²) < 4.78 is 119. The normalized spacial score (nSPS) is 11.0. The molecule has 0 aromatic heterocycles. The molecule has 0 unspecified atom stereocenters. The van der Waals surface area contributed by atoms with Crippen LogP contribution in [0.5, 0.6) is 0 Å². The monoisotopic (exact) mass is 377 g/mol. The van der Waals surface area contributed by atoms with Crippen LogP contribution in [0.1, 0.15) is 0 Å². The van der Waals surface area contributed by atoms with Gasteiger partial charge in [-0.3, -0.25) is 0 Å². The van der Waals surface area contributed by atoms with Crippen molar-refractivity contribution < 1.29 is 51.8 Å². The summed E-state index contributed by atoms with van der Waals surface area (Å²) in [4.78, 5) is 0. The molecule has 1 aromatic carbocycles. The van der Waals surface area contributed by atoms with Crippen molar-refractivity contribution in [3.63, 3.8) is 0 Å². The molecule has 0 nitrogen and oxygen atoms in total. The predicted octanol–water partition coefficient (Wildman–Crippen LogP) is 4.38. The van der Waals surface area contributed by atoms with Crippen LogP contribution < -0.4 is -0.342 Å². The first-order valence-electron chi connectivity index (χ1n) is 5.03. The maximum atomic E-state index is 9.75. The Hall–Kier alpha value is 0.211. The number of benzene rings is 1. The third kappa shape index (κ3) is 111. The van der Waals surface area contributed by atoms with Gasteiger partial charge in [0, 0.05) is 0 Å². The van der Waals surface area contributed by atoms with Gasteiger partial charge in [-0.05, 0) is 0 Å². The van der Waals surface area contributed by atoms with Crippen molar-refractivity contribution in [2.45, 2.75) is 0 Å². The Morgan fingerprint density at radius 3 is 0.773 bits per heavy atom. The van der Waals surface area contributed by atoms with E-state index in [1.807, 2.05) is 0 Å². The first kappa shape index (κ1) is 27.1. The maximum absolute atomic E-state index is 9.75. The van der Waals surface area contributed by atoms with Gasteiger partial charge in [0.25, 0.3) is 0 Å². The van der Waals surface area contributed by atoms with Gasteiger partial charge in [0.05, 0.1) is 0 Å². The van der Waals surface area contributed by atoms with Crippen molar-refractivity contribution in [3.8, 4) is 0 Å². The van der Waals surface area contributed by atoms with Gasteiger partial charge in [-0.15, -0.1) is 0 Å². The first-order valence-corrected chi connectivity index (χ1v) is 6.59. The van der Waals surface area contributed by atoms with Gasteiger partial charge >= 0.3 is 101 Å². The van der Waals surface area contributed by atoms with E-state index in [1.54, 1.807) is 0 Å². The molecule has 16 heteroatoms. The van der Waals surface area contributed by atoms with Crippen LogP contribution in [-0.4, -0.2) is 70.7 Å². The molecule has 0 aliphatic carbocycles. The molecular weight excluding hydrogens is 372 g/mol. The Morgan fingerprint density at radius 1 is 0.500 bits per heavy atom. The fraction of sp³-hybridized carbons (Fsp3) is 0. The fourth-order valence-electron chi connectivity index (χ4n) is 0.534. The Morgan fingerprint density at radius 2 is 0.682 bits per heavy atom. The number of rotatable bonds is 0. The van der Waals surface area contributed by atoms with Crippen LogP contribution in [0.25, 0.3) is 0 Å². The predicted molar refractivity (Wildman–Crippen MR) is 62.4 cm³/mol. The van der Waals surface area contributed by atoms with Crippen LogP contribution in [-0.2, 0) is 0 Å². The van der Waals surface area contributed by atoms with E-state index in [-0.39, 0.29) is 0 Å². The molecule has 0 amide bonds. The van der Waals surface area contributed by atoms with Crippen LogP contribution in [0.3, 0.4) is 0 Å². The van der Waals surface area contributed by atoms with Gasteiger partial charge in [-0.2, -0.15) is 0 Å². The van der Waals surface area contributed by atoms with Crippen molar-refractivity contribution in [1.29, 1.82) is 0 Å². The molecule has 1 rings (SSSR count). The summed E-state index contributed by atoms with van der Waals surface area (Å²) in [5.74, 6) is 0. The second-order valence-corrected chi connectivity index (χ2v) is 4.94. The molecule has 0 aliphatic rings. The van der Waals surface area contributed by atoms with E-state index in [2.05, 4.69) is 30.3 Å². The zero-order valence-corrected chi connectivity index (χ0v) is 13.8. The van der Waals surface area contributed by atoms with Crippen molar-refractivity contribution in [3.05, 3.63) is 30.3 Å². The quantitative estimate of drug-likeness (QED) is 0.466. The van der Waals surface area contributed by atoms with Crippen molar-refractivity contribution in [1.82, 2.24) is 0 Å². The van der Waals surface area contributed by atoms with Gasteiger partial charge in [-0.25, -0.2) is 0 Å². The van der Waals surface area contributed by atoms with Gasteiger partial charge in [0.1, 0.15) is 0 Å². The van der Waals surface area contributed by atoms with Crippen molar-refractivity contribution >= 4 is 70.4 Å². The van der Waals surface area contributed by atoms with Crippen LogP contribution >= 0.6 is 0 Å². The minimum atomic E-state index is -6.00. The number of halogens is 12. The second-order valence-electron chi connectivity index (χ2n) is 3.14. The molecule has 0 fully saturated rings. The third-order valence-corrected chi connectivity index (χ3v) is 1.98. The molecule has 126 valence electrons. The summed E-state index contributed by atoms with van der Waals surface area (Å²) >= 11 is 0.855. The van der Waals surface area contributed by atoms with E-state index >= 15 is 0 Å². The van der Waals surface area contributed by atoms with Crippen LogP contribution in [0.15, 0.2) is 30.3 Å². The Labute approximate surface area is 151 Å². The van der Waals surface area contributed by atoms with E-state index < -0.39 is 21.8 Å². The summed E-state index contributed by atoms with van der Waals surface area (Å²) in [6.45, 7) is 0. The molecule has 0 saturated heterocycles. The Balaban J connectivity index is -0.000000223. The molecule has 0 heterocycles. The van der Waals surface area contributed by atoms with E-state index in [0.717, 1.165) is 49.0 Å². The second kappa shape index (κ2) is 12.6. The average molecular weight is 377 g/mol. The summed E-state index contributed by atoms with van der Waals surface area (Å²) in [6.07, 6.45) is 0. The summed E-state index contributed by atoms with van der Waals surface area (Å²) in [5, 5.41) is 0. The number of hydrogen-bond donors (Lipinski definition) is 0. The van der Waals surface area contributed by atoms with Crippen molar-refractivity contribution in [2.24, 2.45) is 0 Å². The van der Waals surface area contributed by atoms with Crippen LogP contribution in [0, 0.1) is 0 Å². The topological polar surface area (TPSA) is 0 Å². The molecule has 0 N–H and O–H groups in total. The van der Waals surface area contributed by atoms with E-state index in [0.29, 0.717) is 0 Å². The molecule has 0 aliphatic heterocycles. The zero-order chi connectivity index (χ0) is 18.6. The molecule has 0 radical (unpaired) electrons. The molecule has 1 aromatic rings.